The lowest BCUT2D eigenvalue weighted by atomic mass is 10.0. The summed E-state index contributed by atoms with van der Waals surface area (Å²) in [5.41, 5.74) is 0. The molecule has 0 unspecified atom stereocenters. The van der Waals surface area contributed by atoms with E-state index in [0.29, 0.717) is 13.0 Å². The monoisotopic (exact) mass is 750 g/mol. The van der Waals surface area contributed by atoms with Gasteiger partial charge in [-0.05, 0) is 12.8 Å². The number of unbranched alkanes of at least 4 members (excludes halogenated alkanes) is 30. The third-order valence-electron chi connectivity index (χ3n) is 9.88. The summed E-state index contributed by atoms with van der Waals surface area (Å²) >= 11 is 0. The maximum Gasteiger partial charge on any atom is 0.222 e. The van der Waals surface area contributed by atoms with E-state index in [4.69, 9.17) is 9.47 Å². The molecule has 48 heavy (non-hydrogen) atoms. The lowest BCUT2D eigenvalue weighted by molar-refractivity contribution is -0.192. The van der Waals surface area contributed by atoms with E-state index in [-0.39, 0.29) is 29.7 Å². The Hall–Kier alpha value is 0.280. The van der Waals surface area contributed by atoms with Gasteiger partial charge in [0.1, 0.15) is 0 Å². The minimum Gasteiger partial charge on any atom is -0.353 e. The van der Waals surface area contributed by atoms with Gasteiger partial charge in [-0.15, -0.1) is 17.0 Å². The zero-order chi connectivity index (χ0) is 34.4. The smallest absolute Gasteiger partial charge is 0.222 e. The summed E-state index contributed by atoms with van der Waals surface area (Å²) in [6.45, 7) is 8.24. The number of hydrogen-bond acceptors (Lipinski definition) is 5. The summed E-state index contributed by atoms with van der Waals surface area (Å²) in [6, 6.07) is 0. The molecule has 0 saturated heterocycles. The highest BCUT2D eigenvalue weighted by Crippen LogP contribution is 2.16. The van der Waals surface area contributed by atoms with Crippen LogP contribution in [-0.2, 0) is 9.47 Å². The molecule has 0 amide bonds. The summed E-state index contributed by atoms with van der Waals surface area (Å²) in [4.78, 5) is 0. The Bertz CT molecular complexity index is 542. The standard InChI is InChI=1S/C42H87NO4.BrH/c1-4-7-9-11-13-15-17-19-21-23-25-27-29-31-33-35-39-46-41(37-38-43-42(44,45)6-3)47-40-36-34-32-30-28-26-24-22-20-18-16-14-12-10-8-5-2;/h41,43-45H,4-40H2,1-3H3;1H. The molecule has 0 heterocycles. The van der Waals surface area contributed by atoms with Gasteiger partial charge in [-0.1, -0.05) is 213 Å². The third-order valence-corrected chi connectivity index (χ3v) is 9.88. The molecule has 3 N–H and O–H groups in total. The Labute approximate surface area is 312 Å². The van der Waals surface area contributed by atoms with Gasteiger partial charge in [-0.3, -0.25) is 5.32 Å². The average molecular weight is 751 g/mol. The van der Waals surface area contributed by atoms with E-state index >= 15 is 0 Å². The molecule has 0 aromatic carbocycles. The Morgan fingerprint density at radius 2 is 0.667 bits per heavy atom. The zero-order valence-corrected chi connectivity index (χ0v) is 34.6. The fourth-order valence-electron chi connectivity index (χ4n) is 6.46. The maximum absolute atomic E-state index is 9.86. The number of nitrogens with one attached hydrogen (secondary N) is 1. The highest BCUT2D eigenvalue weighted by molar-refractivity contribution is 8.93. The van der Waals surface area contributed by atoms with Crippen LogP contribution in [-0.4, -0.2) is 42.2 Å². The van der Waals surface area contributed by atoms with Crippen LogP contribution < -0.4 is 5.32 Å². The fourth-order valence-corrected chi connectivity index (χ4v) is 6.46. The molecule has 0 rings (SSSR count). The van der Waals surface area contributed by atoms with E-state index in [0.717, 1.165) is 26.1 Å². The first-order chi connectivity index (χ1) is 23.1. The van der Waals surface area contributed by atoms with Gasteiger partial charge >= 0.3 is 0 Å². The number of rotatable bonds is 41. The van der Waals surface area contributed by atoms with Crippen molar-refractivity contribution in [2.24, 2.45) is 0 Å². The largest absolute Gasteiger partial charge is 0.353 e. The zero-order valence-electron chi connectivity index (χ0n) is 32.9. The van der Waals surface area contributed by atoms with Gasteiger partial charge in [0, 0.05) is 32.6 Å². The van der Waals surface area contributed by atoms with Crippen LogP contribution in [0.2, 0.25) is 0 Å². The van der Waals surface area contributed by atoms with Crippen molar-refractivity contribution in [3.8, 4) is 0 Å². The van der Waals surface area contributed by atoms with Crippen LogP contribution in [0.5, 0.6) is 0 Å². The third kappa shape index (κ3) is 40.7. The Morgan fingerprint density at radius 3 is 0.917 bits per heavy atom. The van der Waals surface area contributed by atoms with Gasteiger partial charge in [0.15, 0.2) is 6.29 Å². The van der Waals surface area contributed by atoms with E-state index < -0.39 is 5.91 Å². The van der Waals surface area contributed by atoms with Crippen molar-refractivity contribution in [3.63, 3.8) is 0 Å². The molecule has 0 bridgehead atoms. The normalized spacial score (nSPS) is 11.9. The fraction of sp³-hybridized carbons (Fsp3) is 1.00. The van der Waals surface area contributed by atoms with Crippen LogP contribution in [0.4, 0.5) is 0 Å². The Morgan fingerprint density at radius 1 is 0.417 bits per heavy atom. The van der Waals surface area contributed by atoms with Gasteiger partial charge in [0.2, 0.25) is 5.91 Å². The van der Waals surface area contributed by atoms with Crippen LogP contribution in [0.3, 0.4) is 0 Å². The number of hydrogen-bond donors (Lipinski definition) is 3. The van der Waals surface area contributed by atoms with Crippen LogP contribution >= 0.6 is 17.0 Å². The maximum atomic E-state index is 9.86. The number of ether oxygens (including phenoxy) is 2. The molecule has 292 valence electrons. The minimum absolute atomic E-state index is 0. The minimum atomic E-state index is -1.81. The molecule has 0 fully saturated rings. The van der Waals surface area contributed by atoms with E-state index in [2.05, 4.69) is 19.2 Å². The summed E-state index contributed by atoms with van der Waals surface area (Å²) in [5, 5.41) is 22.5. The first-order valence-corrected chi connectivity index (χ1v) is 21.5. The van der Waals surface area contributed by atoms with E-state index in [1.54, 1.807) is 6.92 Å². The first kappa shape index (κ1) is 50.4. The first-order valence-electron chi connectivity index (χ1n) is 21.5. The summed E-state index contributed by atoms with van der Waals surface area (Å²) in [6.07, 6.45) is 44.4. The molecule has 5 nitrogen and oxygen atoms in total. The molecule has 0 aromatic heterocycles. The molecule has 0 aromatic rings. The molecule has 0 aliphatic heterocycles. The van der Waals surface area contributed by atoms with Gasteiger partial charge in [-0.25, -0.2) is 0 Å². The molecule has 0 spiro atoms. The van der Waals surface area contributed by atoms with E-state index in [9.17, 15) is 10.2 Å². The van der Waals surface area contributed by atoms with Crippen molar-refractivity contribution < 1.29 is 19.7 Å². The predicted molar refractivity (Wildman–Crippen MR) is 215 cm³/mol. The average Bonchev–Trinajstić information content (AvgIpc) is 3.07. The topological polar surface area (TPSA) is 71.0 Å². The van der Waals surface area contributed by atoms with Crippen molar-refractivity contribution in [3.05, 3.63) is 0 Å². The van der Waals surface area contributed by atoms with Crippen molar-refractivity contribution in [1.82, 2.24) is 5.32 Å². The molecular weight excluding hydrogens is 662 g/mol. The van der Waals surface area contributed by atoms with E-state index in [1.165, 1.54) is 193 Å². The molecule has 0 radical (unpaired) electrons. The van der Waals surface area contributed by atoms with Crippen LogP contribution in [0.1, 0.15) is 239 Å². The summed E-state index contributed by atoms with van der Waals surface area (Å²) in [7, 11) is 0. The summed E-state index contributed by atoms with van der Waals surface area (Å²) < 4.78 is 12.2. The molecule has 6 heteroatoms. The van der Waals surface area contributed by atoms with Crippen LogP contribution in [0.15, 0.2) is 0 Å². The second-order valence-electron chi connectivity index (χ2n) is 14.7. The lowest BCUT2D eigenvalue weighted by Crippen LogP contribution is -2.45. The van der Waals surface area contributed by atoms with Crippen molar-refractivity contribution in [2.75, 3.05) is 19.8 Å². The van der Waals surface area contributed by atoms with E-state index in [1.807, 2.05) is 0 Å². The second-order valence-corrected chi connectivity index (χ2v) is 14.7. The Balaban J connectivity index is 0. The van der Waals surface area contributed by atoms with Crippen LogP contribution in [0.25, 0.3) is 0 Å². The molecular formula is C42H88BrNO4. The van der Waals surface area contributed by atoms with Gasteiger partial charge < -0.3 is 19.7 Å². The lowest BCUT2D eigenvalue weighted by Gasteiger charge is -2.24. The van der Waals surface area contributed by atoms with Crippen molar-refractivity contribution in [1.29, 1.82) is 0 Å². The second kappa shape index (κ2) is 41.7. The van der Waals surface area contributed by atoms with Gasteiger partial charge in [0.25, 0.3) is 0 Å². The van der Waals surface area contributed by atoms with Crippen molar-refractivity contribution in [2.45, 2.75) is 251 Å². The highest BCUT2D eigenvalue weighted by atomic mass is 79.9. The van der Waals surface area contributed by atoms with Gasteiger partial charge in [0.05, 0.1) is 0 Å². The molecule has 0 saturated carbocycles. The number of halogens is 1. The molecule has 0 aliphatic carbocycles. The van der Waals surface area contributed by atoms with Crippen molar-refractivity contribution >= 4 is 17.0 Å². The molecule has 0 atom stereocenters. The van der Waals surface area contributed by atoms with Crippen LogP contribution in [0, 0.1) is 0 Å². The predicted octanol–water partition coefficient (Wildman–Crippen LogP) is 13.5. The SMILES string of the molecule is Br.CCCCCCCCCCCCCCCCCCOC(CCNC(O)(O)CC)OCCCCCCCCCCCCCCCCCC. The summed E-state index contributed by atoms with van der Waals surface area (Å²) in [5.74, 6) is -1.81. The molecule has 0 aliphatic rings. The highest BCUT2D eigenvalue weighted by Gasteiger charge is 2.20. The Kier molecular flexibility index (Phi) is 43.8. The quantitative estimate of drug-likeness (QED) is 0.0429. The van der Waals surface area contributed by atoms with Gasteiger partial charge in [-0.2, -0.15) is 0 Å². The number of aliphatic hydroxyl groups is 2.